The number of ether oxygens (including phenoxy) is 1. The standard InChI is InChI=1S/C18H20IN3O2S2/c1-18(2,3)24-17(23)22-6-4-5-11(22)16-20-9-10(21-16)12-7-13-14(25-12)8-15(19)26-13/h7-9,11H,4-6H2,1-3H3,(H,20,21)/t11-/m0/s1. The van der Waals surface area contributed by atoms with Crippen LogP contribution in [0.15, 0.2) is 18.3 Å². The molecule has 1 aliphatic heterocycles. The van der Waals surface area contributed by atoms with Crippen molar-refractivity contribution in [3.8, 4) is 10.6 Å². The quantitative estimate of drug-likeness (QED) is 0.437. The van der Waals surface area contributed by atoms with Gasteiger partial charge in [0.25, 0.3) is 0 Å². The van der Waals surface area contributed by atoms with Crippen molar-refractivity contribution in [2.24, 2.45) is 0 Å². The zero-order valence-corrected chi connectivity index (χ0v) is 18.6. The first-order chi connectivity index (χ1) is 12.3. The van der Waals surface area contributed by atoms with Gasteiger partial charge in [-0.1, -0.05) is 0 Å². The van der Waals surface area contributed by atoms with Crippen LogP contribution < -0.4 is 0 Å². The Morgan fingerprint density at radius 1 is 1.35 bits per heavy atom. The van der Waals surface area contributed by atoms with Crippen LogP contribution in [0.2, 0.25) is 0 Å². The number of amides is 1. The maximum absolute atomic E-state index is 12.5. The van der Waals surface area contributed by atoms with Gasteiger partial charge in [-0.3, -0.25) is 4.90 Å². The second kappa shape index (κ2) is 6.79. The Balaban J connectivity index is 1.56. The number of halogens is 1. The number of H-pyrrole nitrogens is 1. The normalized spacial score (nSPS) is 18.0. The maximum Gasteiger partial charge on any atom is 0.410 e. The number of thiophene rings is 2. The van der Waals surface area contributed by atoms with Crippen LogP contribution in [0.3, 0.4) is 0 Å². The fourth-order valence-corrected chi connectivity index (χ4v) is 6.48. The van der Waals surface area contributed by atoms with Gasteiger partial charge in [-0.05, 0) is 68.3 Å². The number of likely N-dealkylation sites (tertiary alicyclic amines) is 1. The smallest absolute Gasteiger partial charge is 0.410 e. The first kappa shape index (κ1) is 18.2. The highest BCUT2D eigenvalue weighted by molar-refractivity contribution is 14.1. The van der Waals surface area contributed by atoms with E-state index in [4.69, 9.17) is 4.74 Å². The van der Waals surface area contributed by atoms with Crippen LogP contribution in [0.25, 0.3) is 20.0 Å². The fourth-order valence-electron chi connectivity index (χ4n) is 3.16. The summed E-state index contributed by atoms with van der Waals surface area (Å²) in [6.07, 6.45) is 3.49. The number of carbonyl (C=O) groups excluding carboxylic acids is 1. The molecule has 3 aromatic rings. The maximum atomic E-state index is 12.5. The zero-order valence-electron chi connectivity index (χ0n) is 14.8. The number of rotatable bonds is 2. The first-order valence-corrected chi connectivity index (χ1v) is 11.2. The Kier molecular flexibility index (Phi) is 4.77. The molecule has 1 saturated heterocycles. The van der Waals surface area contributed by atoms with Crippen LogP contribution in [0.1, 0.15) is 45.5 Å². The van der Waals surface area contributed by atoms with Gasteiger partial charge in [-0.25, -0.2) is 9.78 Å². The van der Waals surface area contributed by atoms with Crippen molar-refractivity contribution in [2.45, 2.75) is 45.3 Å². The molecule has 138 valence electrons. The number of nitrogens with one attached hydrogen (secondary N) is 1. The Labute approximate surface area is 173 Å². The molecule has 0 bridgehead atoms. The number of nitrogens with zero attached hydrogens (tertiary/aromatic N) is 2. The van der Waals surface area contributed by atoms with E-state index in [1.807, 2.05) is 27.0 Å². The van der Waals surface area contributed by atoms with Crippen molar-refractivity contribution >= 4 is 60.8 Å². The SMILES string of the molecule is CC(C)(C)OC(=O)N1CCC[C@H]1c1ncc(-c2cc3sc(I)cc3s2)[nH]1. The van der Waals surface area contributed by atoms with Crippen LogP contribution in [-0.4, -0.2) is 33.1 Å². The monoisotopic (exact) mass is 501 g/mol. The first-order valence-electron chi connectivity index (χ1n) is 8.54. The molecule has 1 amide bonds. The number of hydrogen-bond acceptors (Lipinski definition) is 5. The van der Waals surface area contributed by atoms with Gasteiger partial charge in [0, 0.05) is 15.9 Å². The molecule has 0 radical (unpaired) electrons. The molecule has 1 fully saturated rings. The Bertz CT molecular complexity index is 922. The number of carbonyl (C=O) groups is 1. The molecule has 26 heavy (non-hydrogen) atoms. The summed E-state index contributed by atoms with van der Waals surface area (Å²) in [5.74, 6) is 0.842. The summed E-state index contributed by atoms with van der Waals surface area (Å²) in [6.45, 7) is 6.39. The molecule has 0 aliphatic carbocycles. The molecule has 0 unspecified atom stereocenters. The van der Waals surface area contributed by atoms with Gasteiger partial charge in [-0.15, -0.1) is 22.7 Å². The summed E-state index contributed by atoms with van der Waals surface area (Å²) in [6, 6.07) is 4.39. The molecule has 3 aromatic heterocycles. The molecule has 4 heterocycles. The van der Waals surface area contributed by atoms with Crippen molar-refractivity contribution in [3.05, 3.63) is 27.0 Å². The van der Waals surface area contributed by atoms with Gasteiger partial charge in [0.15, 0.2) is 0 Å². The molecule has 4 rings (SSSR count). The number of imidazole rings is 1. The third kappa shape index (κ3) is 3.63. The van der Waals surface area contributed by atoms with Crippen LogP contribution in [-0.2, 0) is 4.74 Å². The lowest BCUT2D eigenvalue weighted by Crippen LogP contribution is -2.36. The summed E-state index contributed by atoms with van der Waals surface area (Å²) in [5.41, 5.74) is 0.526. The van der Waals surface area contributed by atoms with Crippen LogP contribution in [0.4, 0.5) is 4.79 Å². The summed E-state index contributed by atoms with van der Waals surface area (Å²) in [4.78, 5) is 23.5. The van der Waals surface area contributed by atoms with Crippen molar-refractivity contribution in [1.29, 1.82) is 0 Å². The van der Waals surface area contributed by atoms with E-state index in [1.54, 1.807) is 27.6 Å². The summed E-state index contributed by atoms with van der Waals surface area (Å²) < 4.78 is 9.47. The van der Waals surface area contributed by atoms with Gasteiger partial charge in [-0.2, -0.15) is 0 Å². The van der Waals surface area contributed by atoms with E-state index in [-0.39, 0.29) is 12.1 Å². The molecular weight excluding hydrogens is 481 g/mol. The van der Waals surface area contributed by atoms with Crippen molar-refractivity contribution in [2.75, 3.05) is 6.54 Å². The van der Waals surface area contributed by atoms with Crippen LogP contribution in [0.5, 0.6) is 0 Å². The van der Waals surface area contributed by atoms with Crippen molar-refractivity contribution < 1.29 is 9.53 Å². The molecule has 1 aliphatic rings. The highest BCUT2D eigenvalue weighted by Gasteiger charge is 2.34. The lowest BCUT2D eigenvalue weighted by atomic mass is 10.2. The molecular formula is C18H20IN3O2S2. The van der Waals surface area contributed by atoms with E-state index >= 15 is 0 Å². The summed E-state index contributed by atoms with van der Waals surface area (Å²) >= 11 is 5.93. The van der Waals surface area contributed by atoms with Gasteiger partial charge in [0.1, 0.15) is 11.4 Å². The zero-order chi connectivity index (χ0) is 18.5. The number of hydrogen-bond donors (Lipinski definition) is 1. The molecule has 0 aromatic carbocycles. The van der Waals surface area contributed by atoms with E-state index in [0.717, 1.165) is 24.4 Å². The third-order valence-electron chi connectivity index (χ3n) is 4.23. The van der Waals surface area contributed by atoms with Crippen LogP contribution in [0, 0.1) is 2.88 Å². The largest absolute Gasteiger partial charge is 0.444 e. The lowest BCUT2D eigenvalue weighted by molar-refractivity contribution is 0.0219. The highest BCUT2D eigenvalue weighted by atomic mass is 127. The van der Waals surface area contributed by atoms with Gasteiger partial charge in [0.05, 0.1) is 25.7 Å². The number of aromatic nitrogens is 2. The van der Waals surface area contributed by atoms with Gasteiger partial charge >= 0.3 is 6.09 Å². The third-order valence-corrected chi connectivity index (χ3v) is 7.32. The molecule has 1 atom stereocenters. The fraction of sp³-hybridized carbons (Fsp3) is 0.444. The Hall–Kier alpha value is -1.13. The van der Waals surface area contributed by atoms with Gasteiger partial charge in [0.2, 0.25) is 0 Å². The van der Waals surface area contributed by atoms with Crippen molar-refractivity contribution in [1.82, 2.24) is 14.9 Å². The minimum atomic E-state index is -0.487. The highest BCUT2D eigenvalue weighted by Crippen LogP contribution is 2.39. The number of aromatic amines is 1. The van der Waals surface area contributed by atoms with Crippen molar-refractivity contribution in [3.63, 3.8) is 0 Å². The topological polar surface area (TPSA) is 58.2 Å². The molecule has 5 nitrogen and oxygen atoms in total. The predicted octanol–water partition coefficient (Wildman–Crippen LogP) is 6.03. The molecule has 0 saturated carbocycles. The average Bonchev–Trinajstić information content (AvgIpc) is 3.27. The lowest BCUT2D eigenvalue weighted by Gasteiger charge is -2.27. The molecule has 8 heteroatoms. The Morgan fingerprint density at radius 3 is 2.85 bits per heavy atom. The summed E-state index contributed by atoms with van der Waals surface area (Å²) in [7, 11) is 0. The number of fused-ring (bicyclic) bond motifs is 1. The second-order valence-electron chi connectivity index (χ2n) is 7.40. The van der Waals surface area contributed by atoms with E-state index in [2.05, 4.69) is 44.7 Å². The minimum Gasteiger partial charge on any atom is -0.444 e. The Morgan fingerprint density at radius 2 is 2.12 bits per heavy atom. The van der Waals surface area contributed by atoms with Gasteiger partial charge < -0.3 is 9.72 Å². The van der Waals surface area contributed by atoms with E-state index in [9.17, 15) is 4.79 Å². The minimum absolute atomic E-state index is 0.0411. The molecule has 0 spiro atoms. The predicted molar refractivity (Wildman–Crippen MR) is 115 cm³/mol. The second-order valence-corrected chi connectivity index (χ2v) is 11.5. The van der Waals surface area contributed by atoms with Crippen LogP contribution >= 0.6 is 45.3 Å². The summed E-state index contributed by atoms with van der Waals surface area (Å²) in [5, 5.41) is 0. The van der Waals surface area contributed by atoms with E-state index in [0.29, 0.717) is 6.54 Å². The average molecular weight is 501 g/mol. The van der Waals surface area contributed by atoms with E-state index < -0.39 is 5.60 Å². The molecule has 1 N–H and O–H groups in total. The van der Waals surface area contributed by atoms with E-state index in [1.165, 1.54) is 17.2 Å².